The average molecular weight is 374 g/mol. The van der Waals surface area contributed by atoms with Crippen molar-refractivity contribution in [3.05, 3.63) is 29.8 Å². The zero-order valence-corrected chi connectivity index (χ0v) is 16.9. The molecule has 1 aromatic rings. The zero-order valence-electron chi connectivity index (χ0n) is 16.9. The van der Waals surface area contributed by atoms with Gasteiger partial charge in [-0.1, -0.05) is 12.1 Å². The van der Waals surface area contributed by atoms with Crippen molar-refractivity contribution in [2.24, 2.45) is 4.99 Å². The van der Waals surface area contributed by atoms with Gasteiger partial charge in [0.05, 0.1) is 25.8 Å². The predicted molar refractivity (Wildman–Crippen MR) is 113 cm³/mol. The number of nitrogens with one attached hydrogen (secondary N) is 2. The van der Waals surface area contributed by atoms with Gasteiger partial charge in [0, 0.05) is 45.0 Å². The van der Waals surface area contributed by atoms with Crippen molar-refractivity contribution in [3.8, 4) is 0 Å². The number of rotatable bonds is 7. The molecule has 6 nitrogen and oxygen atoms in total. The number of benzene rings is 1. The molecule has 0 amide bonds. The smallest absolute Gasteiger partial charge is 0.191 e. The van der Waals surface area contributed by atoms with Crippen molar-refractivity contribution in [1.82, 2.24) is 15.5 Å². The Morgan fingerprint density at radius 3 is 2.70 bits per heavy atom. The van der Waals surface area contributed by atoms with Crippen LogP contribution in [0.25, 0.3) is 0 Å². The highest BCUT2D eigenvalue weighted by Gasteiger charge is 2.15. The van der Waals surface area contributed by atoms with Gasteiger partial charge in [0.15, 0.2) is 5.96 Å². The van der Waals surface area contributed by atoms with Crippen molar-refractivity contribution in [1.29, 1.82) is 0 Å². The molecule has 0 saturated carbocycles. The molecule has 2 aliphatic rings. The second kappa shape index (κ2) is 10.5. The minimum absolute atomic E-state index is 0.216. The first-order valence-corrected chi connectivity index (χ1v) is 10.5. The van der Waals surface area contributed by atoms with Crippen LogP contribution in [-0.4, -0.2) is 69.9 Å². The largest absolute Gasteiger partial charge is 0.379 e. The van der Waals surface area contributed by atoms with Gasteiger partial charge < -0.3 is 20.3 Å². The Labute approximate surface area is 164 Å². The van der Waals surface area contributed by atoms with Crippen molar-refractivity contribution in [2.45, 2.75) is 32.7 Å². The number of guanidine groups is 1. The van der Waals surface area contributed by atoms with Crippen LogP contribution in [-0.2, 0) is 4.74 Å². The summed E-state index contributed by atoms with van der Waals surface area (Å²) in [6, 6.07) is 9.13. The second-order valence-electron chi connectivity index (χ2n) is 7.37. The van der Waals surface area contributed by atoms with Gasteiger partial charge in [0.1, 0.15) is 0 Å². The third-order valence-electron chi connectivity index (χ3n) is 5.33. The molecule has 3 rings (SSSR count). The Balaban J connectivity index is 1.56. The highest BCUT2D eigenvalue weighted by molar-refractivity contribution is 5.80. The summed E-state index contributed by atoms with van der Waals surface area (Å²) in [5.74, 6) is 0.893. The van der Waals surface area contributed by atoms with Crippen molar-refractivity contribution in [3.63, 3.8) is 0 Å². The first kappa shape index (κ1) is 20.0. The molecule has 150 valence electrons. The maximum Gasteiger partial charge on any atom is 0.191 e. The Hall–Kier alpha value is -1.79. The summed E-state index contributed by atoms with van der Waals surface area (Å²) in [7, 11) is 0. The Kier molecular flexibility index (Phi) is 7.78. The number of anilines is 1. The van der Waals surface area contributed by atoms with Gasteiger partial charge in [0.25, 0.3) is 0 Å². The molecule has 2 N–H and O–H groups in total. The van der Waals surface area contributed by atoms with E-state index in [1.54, 1.807) is 0 Å². The van der Waals surface area contributed by atoms with Crippen molar-refractivity contribution >= 4 is 11.6 Å². The van der Waals surface area contributed by atoms with Gasteiger partial charge in [-0.15, -0.1) is 0 Å². The molecule has 27 heavy (non-hydrogen) atoms. The third kappa shape index (κ3) is 6.11. The predicted octanol–water partition coefficient (Wildman–Crippen LogP) is 2.24. The lowest BCUT2D eigenvalue weighted by molar-refractivity contribution is 0.0394. The Morgan fingerprint density at radius 1 is 1.19 bits per heavy atom. The maximum atomic E-state index is 5.41. The van der Waals surface area contributed by atoms with Gasteiger partial charge in [-0.2, -0.15) is 0 Å². The normalized spacial score (nSPS) is 19.9. The first-order valence-electron chi connectivity index (χ1n) is 10.5. The molecule has 1 unspecified atom stereocenters. The lowest BCUT2D eigenvalue weighted by atomic mass is 10.1. The van der Waals surface area contributed by atoms with Gasteiger partial charge in [-0.25, -0.2) is 0 Å². The van der Waals surface area contributed by atoms with E-state index in [2.05, 4.69) is 58.5 Å². The molecule has 0 bridgehead atoms. The lowest BCUT2D eigenvalue weighted by Gasteiger charge is -2.26. The number of ether oxygens (including phenoxy) is 1. The van der Waals surface area contributed by atoms with Gasteiger partial charge in [0.2, 0.25) is 0 Å². The molecule has 1 atom stereocenters. The topological polar surface area (TPSA) is 52.1 Å². The van der Waals surface area contributed by atoms with E-state index in [0.717, 1.165) is 51.9 Å². The minimum Gasteiger partial charge on any atom is -0.379 e. The summed E-state index contributed by atoms with van der Waals surface area (Å²) in [6.07, 6.45) is 2.61. The fourth-order valence-electron chi connectivity index (χ4n) is 3.70. The van der Waals surface area contributed by atoms with E-state index in [9.17, 15) is 0 Å². The van der Waals surface area contributed by atoms with E-state index in [0.29, 0.717) is 0 Å². The fraction of sp³-hybridized carbons (Fsp3) is 0.667. The standard InChI is InChI=1S/C21H35N5O/c1-3-22-21(23-9-12-25-13-15-27-16-14-25)24-18(2)19-7-6-8-20(17-19)26-10-4-5-11-26/h6-8,17-18H,3-5,9-16H2,1-2H3,(H2,22,23,24). The number of aliphatic imine (C=N–C) groups is 1. The average Bonchev–Trinajstić information content (AvgIpc) is 3.24. The summed E-state index contributed by atoms with van der Waals surface area (Å²) in [5, 5.41) is 6.94. The van der Waals surface area contributed by atoms with Crippen molar-refractivity contribution in [2.75, 3.05) is 63.9 Å². The molecular formula is C21H35N5O. The Morgan fingerprint density at radius 2 is 1.96 bits per heavy atom. The Bertz CT molecular complexity index is 594. The SMILES string of the molecule is CCNC(=NCCN1CCOCC1)NC(C)c1cccc(N2CCCC2)c1. The molecule has 0 radical (unpaired) electrons. The van der Waals surface area contributed by atoms with E-state index in [4.69, 9.17) is 9.73 Å². The molecule has 2 aliphatic heterocycles. The van der Waals surface area contributed by atoms with Crippen LogP contribution < -0.4 is 15.5 Å². The second-order valence-corrected chi connectivity index (χ2v) is 7.37. The highest BCUT2D eigenvalue weighted by Crippen LogP contribution is 2.23. The summed E-state index contributed by atoms with van der Waals surface area (Å²) in [6.45, 7) is 13.0. The minimum atomic E-state index is 0.216. The fourth-order valence-corrected chi connectivity index (χ4v) is 3.70. The molecule has 2 heterocycles. The molecule has 2 fully saturated rings. The van der Waals surface area contributed by atoms with E-state index >= 15 is 0 Å². The van der Waals surface area contributed by atoms with E-state index in [-0.39, 0.29) is 6.04 Å². The summed E-state index contributed by atoms with van der Waals surface area (Å²) in [5.41, 5.74) is 2.64. The third-order valence-corrected chi connectivity index (χ3v) is 5.33. The number of hydrogen-bond acceptors (Lipinski definition) is 4. The number of hydrogen-bond donors (Lipinski definition) is 2. The first-order chi connectivity index (χ1) is 13.3. The van der Waals surface area contributed by atoms with Crippen LogP contribution in [0.3, 0.4) is 0 Å². The summed E-state index contributed by atoms with van der Waals surface area (Å²) >= 11 is 0. The summed E-state index contributed by atoms with van der Waals surface area (Å²) in [4.78, 5) is 9.67. The van der Waals surface area contributed by atoms with Crippen molar-refractivity contribution < 1.29 is 4.74 Å². The molecule has 0 spiro atoms. The van der Waals surface area contributed by atoms with Crippen LogP contribution in [0.1, 0.15) is 38.3 Å². The van der Waals surface area contributed by atoms with Crippen LogP contribution in [0.5, 0.6) is 0 Å². The molecule has 0 aliphatic carbocycles. The van der Waals surface area contributed by atoms with Crippen LogP contribution in [0, 0.1) is 0 Å². The van der Waals surface area contributed by atoms with Gasteiger partial charge >= 0.3 is 0 Å². The van der Waals surface area contributed by atoms with Crippen LogP contribution in [0.4, 0.5) is 5.69 Å². The zero-order chi connectivity index (χ0) is 18.9. The van der Waals surface area contributed by atoms with Crippen LogP contribution in [0.2, 0.25) is 0 Å². The van der Waals surface area contributed by atoms with E-state index in [1.807, 2.05) is 0 Å². The quantitative estimate of drug-likeness (QED) is 0.567. The monoisotopic (exact) mass is 373 g/mol. The summed E-state index contributed by atoms with van der Waals surface area (Å²) < 4.78 is 5.41. The van der Waals surface area contributed by atoms with E-state index in [1.165, 1.54) is 37.2 Å². The van der Waals surface area contributed by atoms with E-state index < -0.39 is 0 Å². The highest BCUT2D eigenvalue weighted by atomic mass is 16.5. The maximum absolute atomic E-state index is 5.41. The number of morpholine rings is 1. The molecule has 1 aromatic carbocycles. The lowest BCUT2D eigenvalue weighted by Crippen LogP contribution is -2.40. The molecule has 0 aromatic heterocycles. The van der Waals surface area contributed by atoms with Crippen LogP contribution in [0.15, 0.2) is 29.3 Å². The van der Waals surface area contributed by atoms with Crippen LogP contribution >= 0.6 is 0 Å². The van der Waals surface area contributed by atoms with Gasteiger partial charge in [-0.05, 0) is 44.4 Å². The number of nitrogens with zero attached hydrogens (tertiary/aromatic N) is 3. The molecular weight excluding hydrogens is 338 g/mol. The molecule has 6 heteroatoms. The molecule has 2 saturated heterocycles. The van der Waals surface area contributed by atoms with Gasteiger partial charge in [-0.3, -0.25) is 9.89 Å².